The number of hydrogen-bond acceptors (Lipinski definition) is 6. The van der Waals surface area contributed by atoms with Crippen molar-refractivity contribution in [1.29, 1.82) is 5.26 Å². The molecule has 1 unspecified atom stereocenters. The van der Waals surface area contributed by atoms with Gasteiger partial charge in [0.15, 0.2) is 0 Å². The second kappa shape index (κ2) is 8.84. The Morgan fingerprint density at radius 2 is 1.84 bits per heavy atom. The minimum absolute atomic E-state index is 0.176. The largest absolute Gasteiger partial charge is 0.493 e. The van der Waals surface area contributed by atoms with Gasteiger partial charge in [-0.05, 0) is 62.2 Å². The molecule has 0 aliphatic carbocycles. The summed E-state index contributed by atoms with van der Waals surface area (Å²) < 4.78 is 52.8. The van der Waals surface area contributed by atoms with E-state index in [-0.39, 0.29) is 18.2 Å². The van der Waals surface area contributed by atoms with Crippen LogP contribution in [0.5, 0.6) is 5.75 Å². The first-order chi connectivity index (χ1) is 17.9. The van der Waals surface area contributed by atoms with Crippen molar-refractivity contribution in [3.63, 3.8) is 0 Å². The van der Waals surface area contributed by atoms with Gasteiger partial charge >= 0.3 is 6.18 Å². The Hall–Kier alpha value is -3.91. The van der Waals surface area contributed by atoms with Crippen molar-refractivity contribution in [2.75, 3.05) is 16.8 Å². The molecule has 11 heteroatoms. The van der Waals surface area contributed by atoms with Crippen LogP contribution in [0.4, 0.5) is 24.5 Å². The molecule has 1 N–H and O–H groups in total. The van der Waals surface area contributed by atoms with E-state index in [1.165, 1.54) is 19.1 Å². The molecule has 3 saturated heterocycles. The minimum Gasteiger partial charge on any atom is -0.493 e. The number of anilines is 2. The fourth-order valence-corrected chi connectivity index (χ4v) is 6.05. The molecule has 198 valence electrons. The zero-order valence-electron chi connectivity index (χ0n) is 20.6. The summed E-state index contributed by atoms with van der Waals surface area (Å²) in [7, 11) is 0. The first-order valence-electron chi connectivity index (χ1n) is 12.1. The Kier molecular flexibility index (Phi) is 5.98. The molecule has 0 spiro atoms. The van der Waals surface area contributed by atoms with Crippen LogP contribution in [0, 0.1) is 23.2 Å². The summed E-state index contributed by atoms with van der Waals surface area (Å²) in [5.41, 5.74) is -3.30. The molecular weight excluding hydrogens is 503 g/mol. The third-order valence-corrected chi connectivity index (χ3v) is 7.67. The predicted octanol–water partition coefficient (Wildman–Crippen LogP) is 4.43. The molecule has 2 bridgehead atoms. The third kappa shape index (κ3) is 4.09. The number of imide groups is 1. The molecule has 3 fully saturated rings. The number of nitriles is 1. The minimum atomic E-state index is -4.82. The normalized spacial score (nSPS) is 27.8. The lowest BCUT2D eigenvalue weighted by Crippen LogP contribution is -2.43. The van der Waals surface area contributed by atoms with Crippen molar-refractivity contribution in [3.8, 4) is 11.8 Å². The van der Waals surface area contributed by atoms with Gasteiger partial charge in [-0.15, -0.1) is 0 Å². The van der Waals surface area contributed by atoms with Gasteiger partial charge in [-0.2, -0.15) is 18.4 Å². The number of rotatable bonds is 6. The van der Waals surface area contributed by atoms with Crippen LogP contribution >= 0.6 is 0 Å². The SMILES string of the molecule is CC(=O)Nc1ccc(OCC[C@@]23CCC(C)(O2)[C@H]2C(=O)N(c4ccc(C#N)c(C(F)(F)F)c4)C(=O)[C@H]23)cc1. The summed E-state index contributed by atoms with van der Waals surface area (Å²) in [6.45, 7) is 3.34. The number of carbonyl (C=O) groups is 3. The van der Waals surface area contributed by atoms with E-state index < -0.39 is 52.2 Å². The molecule has 4 atom stereocenters. The summed E-state index contributed by atoms with van der Waals surface area (Å²) in [6.07, 6.45) is -3.50. The van der Waals surface area contributed by atoms with E-state index in [0.717, 1.165) is 11.0 Å². The zero-order chi connectivity index (χ0) is 27.5. The van der Waals surface area contributed by atoms with E-state index in [9.17, 15) is 27.6 Å². The Labute approximate surface area is 216 Å². The third-order valence-electron chi connectivity index (χ3n) is 7.67. The Balaban J connectivity index is 1.37. The second-order valence-electron chi connectivity index (χ2n) is 10.1. The van der Waals surface area contributed by atoms with Crippen molar-refractivity contribution < 1.29 is 37.0 Å². The summed E-state index contributed by atoms with van der Waals surface area (Å²) >= 11 is 0. The van der Waals surface area contributed by atoms with Crippen LogP contribution < -0.4 is 15.0 Å². The standard InChI is InChI=1S/C27H24F3N3O5/c1-15(34)32-17-4-7-19(8-5-17)37-12-11-26-10-9-25(2,38-26)21-22(26)24(36)33(23(21)35)18-6-3-16(14-31)20(13-18)27(28,29)30/h3-8,13,21-22H,9-12H2,1-2H3,(H,32,34)/t21-,22+,25?,26-/m1/s1. The highest BCUT2D eigenvalue weighted by Gasteiger charge is 2.73. The molecule has 8 nitrogen and oxygen atoms in total. The van der Waals surface area contributed by atoms with Crippen molar-refractivity contribution in [2.45, 2.75) is 50.5 Å². The van der Waals surface area contributed by atoms with E-state index in [2.05, 4.69) is 5.32 Å². The van der Waals surface area contributed by atoms with E-state index in [1.54, 1.807) is 31.2 Å². The molecule has 3 aliphatic rings. The highest BCUT2D eigenvalue weighted by atomic mass is 19.4. The molecule has 2 aromatic rings. The maximum atomic E-state index is 13.6. The highest BCUT2D eigenvalue weighted by Crippen LogP contribution is 2.62. The fourth-order valence-electron chi connectivity index (χ4n) is 6.05. The maximum absolute atomic E-state index is 13.6. The number of carbonyl (C=O) groups excluding carboxylic acids is 3. The van der Waals surface area contributed by atoms with Gasteiger partial charge in [0, 0.05) is 19.0 Å². The van der Waals surface area contributed by atoms with Gasteiger partial charge in [0.25, 0.3) is 0 Å². The summed E-state index contributed by atoms with van der Waals surface area (Å²) in [5.74, 6) is -2.55. The second-order valence-corrected chi connectivity index (χ2v) is 10.1. The number of amides is 3. The Morgan fingerprint density at radius 1 is 1.16 bits per heavy atom. The van der Waals surface area contributed by atoms with Gasteiger partial charge in [0.1, 0.15) is 5.75 Å². The monoisotopic (exact) mass is 527 g/mol. The van der Waals surface area contributed by atoms with Gasteiger partial charge in [0.2, 0.25) is 17.7 Å². The van der Waals surface area contributed by atoms with E-state index in [1.807, 2.05) is 0 Å². The van der Waals surface area contributed by atoms with E-state index in [0.29, 0.717) is 36.8 Å². The van der Waals surface area contributed by atoms with Gasteiger partial charge in [-0.3, -0.25) is 14.4 Å². The van der Waals surface area contributed by atoms with Gasteiger partial charge in [-0.1, -0.05) is 0 Å². The summed E-state index contributed by atoms with van der Waals surface area (Å²) in [5, 5.41) is 11.7. The Morgan fingerprint density at radius 3 is 2.47 bits per heavy atom. The quantitative estimate of drug-likeness (QED) is 0.557. The van der Waals surface area contributed by atoms with E-state index in [4.69, 9.17) is 14.7 Å². The average Bonchev–Trinajstić information content (AvgIpc) is 3.43. The molecule has 3 aliphatic heterocycles. The number of benzene rings is 2. The van der Waals surface area contributed by atoms with Gasteiger partial charge < -0.3 is 14.8 Å². The molecule has 2 aromatic carbocycles. The van der Waals surface area contributed by atoms with Crippen molar-refractivity contribution in [3.05, 3.63) is 53.6 Å². The Bertz CT molecular complexity index is 1370. The first kappa shape index (κ1) is 25.7. The van der Waals surface area contributed by atoms with Crippen molar-refractivity contribution in [2.24, 2.45) is 11.8 Å². The molecule has 0 aromatic heterocycles. The van der Waals surface area contributed by atoms with Crippen LogP contribution in [-0.4, -0.2) is 35.5 Å². The van der Waals surface area contributed by atoms with Crippen molar-refractivity contribution in [1.82, 2.24) is 0 Å². The number of halogens is 3. The maximum Gasteiger partial charge on any atom is 0.417 e. The average molecular weight is 527 g/mol. The lowest BCUT2D eigenvalue weighted by Gasteiger charge is -2.31. The number of nitrogens with one attached hydrogen (secondary N) is 1. The zero-order valence-corrected chi connectivity index (χ0v) is 20.6. The van der Waals surface area contributed by atoms with E-state index >= 15 is 0 Å². The van der Waals surface area contributed by atoms with Crippen LogP contribution in [-0.2, 0) is 25.3 Å². The number of ether oxygens (including phenoxy) is 2. The van der Waals surface area contributed by atoms with Crippen LogP contribution in [0.2, 0.25) is 0 Å². The molecule has 3 amide bonds. The summed E-state index contributed by atoms with van der Waals surface area (Å²) in [4.78, 5) is 39.1. The summed E-state index contributed by atoms with van der Waals surface area (Å²) in [6, 6.07) is 11.1. The topological polar surface area (TPSA) is 109 Å². The van der Waals surface area contributed by atoms with Crippen molar-refractivity contribution >= 4 is 29.1 Å². The predicted molar refractivity (Wildman–Crippen MR) is 128 cm³/mol. The fraction of sp³-hybridized carbons (Fsp3) is 0.407. The van der Waals surface area contributed by atoms with Crippen LogP contribution in [0.25, 0.3) is 0 Å². The highest BCUT2D eigenvalue weighted by molar-refractivity contribution is 6.23. The van der Waals surface area contributed by atoms with Crippen LogP contribution in [0.1, 0.15) is 44.2 Å². The molecular formula is C27H24F3N3O5. The lowest BCUT2D eigenvalue weighted by atomic mass is 9.67. The number of alkyl halides is 3. The number of nitrogens with zero attached hydrogens (tertiary/aromatic N) is 2. The first-order valence-corrected chi connectivity index (χ1v) is 12.1. The smallest absolute Gasteiger partial charge is 0.417 e. The van der Waals surface area contributed by atoms with Crippen LogP contribution in [0.15, 0.2) is 42.5 Å². The van der Waals surface area contributed by atoms with Gasteiger partial charge in [0.05, 0.1) is 52.5 Å². The number of hydrogen-bond donors (Lipinski definition) is 1. The molecule has 0 saturated carbocycles. The van der Waals surface area contributed by atoms with Crippen LogP contribution in [0.3, 0.4) is 0 Å². The lowest BCUT2D eigenvalue weighted by molar-refractivity contribution is -0.138. The molecule has 3 heterocycles. The molecule has 38 heavy (non-hydrogen) atoms. The molecule has 0 radical (unpaired) electrons. The van der Waals surface area contributed by atoms with Gasteiger partial charge in [-0.25, -0.2) is 4.90 Å². The number of fused-ring (bicyclic) bond motifs is 5. The molecule has 5 rings (SSSR count).